The summed E-state index contributed by atoms with van der Waals surface area (Å²) < 4.78 is 0. The van der Waals surface area contributed by atoms with E-state index in [0.29, 0.717) is 12.3 Å². The molecule has 1 aliphatic rings. The molecule has 1 radical (unpaired) electrons. The maximum absolute atomic E-state index is 11.1. The Morgan fingerprint density at radius 2 is 2.36 bits per heavy atom. The monoisotopic (exact) mass is 229 g/mol. The first-order valence-corrected chi connectivity index (χ1v) is 3.97. The average Bonchev–Trinajstić information content (AvgIpc) is 2.38. The van der Waals surface area contributed by atoms with Crippen LogP contribution in [0.5, 0.6) is 0 Å². The number of rotatable bonds is 2. The molecule has 1 fully saturated rings. The van der Waals surface area contributed by atoms with Gasteiger partial charge in [0, 0.05) is 39.1 Å². The molecule has 0 spiro atoms. The first-order chi connectivity index (χ1) is 4.84. The van der Waals surface area contributed by atoms with Crippen LogP contribution in [0, 0.1) is 6.54 Å². The van der Waals surface area contributed by atoms with E-state index >= 15 is 0 Å². The second-order valence-electron chi connectivity index (χ2n) is 2.66. The van der Waals surface area contributed by atoms with Crippen molar-refractivity contribution in [1.29, 1.82) is 0 Å². The van der Waals surface area contributed by atoms with Crippen molar-refractivity contribution in [3.8, 4) is 0 Å². The van der Waals surface area contributed by atoms with Crippen molar-refractivity contribution in [3.63, 3.8) is 0 Å². The van der Waals surface area contributed by atoms with Gasteiger partial charge in [0.05, 0.1) is 0 Å². The summed E-state index contributed by atoms with van der Waals surface area (Å²) in [5.74, 6) is 0.292. The number of likely N-dealkylation sites (tertiary alicyclic amines) is 1. The van der Waals surface area contributed by atoms with Gasteiger partial charge in [0.15, 0.2) is 5.91 Å². The molecule has 0 aromatic carbocycles. The van der Waals surface area contributed by atoms with E-state index in [1.807, 2.05) is 18.4 Å². The molecular formula is C8H14NOY-. The van der Waals surface area contributed by atoms with Crippen LogP contribution in [0.3, 0.4) is 0 Å². The Balaban J connectivity index is 0.000001000. The van der Waals surface area contributed by atoms with Gasteiger partial charge in [-0.25, -0.2) is 6.54 Å². The van der Waals surface area contributed by atoms with E-state index in [9.17, 15) is 4.79 Å². The molecular weight excluding hydrogens is 215 g/mol. The molecule has 1 rings (SSSR count). The molecule has 1 amide bonds. The van der Waals surface area contributed by atoms with Gasteiger partial charge in [-0.05, 0) is 13.0 Å². The van der Waals surface area contributed by atoms with Crippen LogP contribution in [-0.2, 0) is 37.5 Å². The van der Waals surface area contributed by atoms with Crippen LogP contribution in [0.25, 0.3) is 0 Å². The summed E-state index contributed by atoms with van der Waals surface area (Å²) >= 11 is 0. The first kappa shape index (κ1) is 11.6. The molecule has 0 aromatic heterocycles. The summed E-state index contributed by atoms with van der Waals surface area (Å²) in [4.78, 5) is 13.0. The van der Waals surface area contributed by atoms with Gasteiger partial charge in [-0.1, -0.05) is 13.3 Å². The maximum atomic E-state index is 11.1. The van der Waals surface area contributed by atoms with Crippen molar-refractivity contribution < 1.29 is 37.5 Å². The Morgan fingerprint density at radius 1 is 1.64 bits per heavy atom. The van der Waals surface area contributed by atoms with Crippen LogP contribution in [0.4, 0.5) is 0 Å². The summed E-state index contributed by atoms with van der Waals surface area (Å²) in [6.45, 7) is 4.99. The number of hydrogen-bond donors (Lipinski definition) is 0. The second-order valence-corrected chi connectivity index (χ2v) is 2.66. The van der Waals surface area contributed by atoms with Crippen molar-refractivity contribution >= 4 is 5.91 Å². The van der Waals surface area contributed by atoms with Crippen LogP contribution in [0.15, 0.2) is 0 Å². The zero-order valence-electron chi connectivity index (χ0n) is 7.05. The summed E-state index contributed by atoms with van der Waals surface area (Å²) in [5, 5.41) is 0. The fraction of sp³-hybridized carbons (Fsp3) is 0.750. The predicted octanol–water partition coefficient (Wildman–Crippen LogP) is 1.57. The molecule has 0 atom stereocenters. The Bertz CT molecular complexity index is 121. The molecule has 1 aliphatic heterocycles. The van der Waals surface area contributed by atoms with Crippen molar-refractivity contribution in [1.82, 2.24) is 4.90 Å². The molecule has 3 heteroatoms. The molecule has 1 saturated heterocycles. The molecule has 0 aromatic rings. The number of carbonyl (C=O) groups is 1. The predicted molar refractivity (Wildman–Crippen MR) is 40.2 cm³/mol. The van der Waals surface area contributed by atoms with E-state index in [0.717, 1.165) is 25.8 Å². The van der Waals surface area contributed by atoms with Crippen LogP contribution >= 0.6 is 0 Å². The zero-order chi connectivity index (χ0) is 7.40. The van der Waals surface area contributed by atoms with Gasteiger partial charge >= 0.3 is 0 Å². The van der Waals surface area contributed by atoms with Gasteiger partial charge in [-0.3, -0.25) is 4.79 Å². The minimum Gasteiger partial charge on any atom is -0.493 e. The topological polar surface area (TPSA) is 20.3 Å². The molecule has 11 heavy (non-hydrogen) atoms. The van der Waals surface area contributed by atoms with Crippen molar-refractivity contribution in [2.75, 3.05) is 6.54 Å². The molecule has 0 bridgehead atoms. The van der Waals surface area contributed by atoms with Gasteiger partial charge < -0.3 is 4.90 Å². The van der Waals surface area contributed by atoms with Crippen LogP contribution in [0.1, 0.15) is 32.6 Å². The number of hydrogen-bond acceptors (Lipinski definition) is 1. The molecule has 61 valence electrons. The third-order valence-corrected chi connectivity index (χ3v) is 1.74. The van der Waals surface area contributed by atoms with Gasteiger partial charge in [-0.2, -0.15) is 6.42 Å². The minimum absolute atomic E-state index is 0. The van der Waals surface area contributed by atoms with Crippen molar-refractivity contribution in [2.45, 2.75) is 32.6 Å². The normalized spacial score (nSPS) is 16.3. The van der Waals surface area contributed by atoms with Crippen LogP contribution < -0.4 is 0 Å². The SMILES string of the molecule is CCCC(=O)N1[CH-]CCC1.[Y]. The van der Waals surface area contributed by atoms with Crippen molar-refractivity contribution in [2.24, 2.45) is 0 Å². The van der Waals surface area contributed by atoms with E-state index in [-0.39, 0.29) is 32.7 Å². The fourth-order valence-electron chi connectivity index (χ4n) is 1.18. The Morgan fingerprint density at radius 3 is 2.82 bits per heavy atom. The molecule has 0 aliphatic carbocycles. The van der Waals surface area contributed by atoms with E-state index in [1.165, 1.54) is 0 Å². The van der Waals surface area contributed by atoms with Crippen molar-refractivity contribution in [3.05, 3.63) is 6.54 Å². The summed E-state index contributed by atoms with van der Waals surface area (Å²) in [6, 6.07) is 0. The largest absolute Gasteiger partial charge is 0.493 e. The van der Waals surface area contributed by atoms with Gasteiger partial charge in [0.2, 0.25) is 0 Å². The third-order valence-electron chi connectivity index (χ3n) is 1.74. The molecule has 2 nitrogen and oxygen atoms in total. The smallest absolute Gasteiger partial charge is 0.193 e. The standard InChI is InChI=1S/C8H14NO.Y/c1-2-5-8(10)9-6-3-4-7-9;/h6H,2-5,7H2,1H3;/q-1;. The van der Waals surface area contributed by atoms with Gasteiger partial charge in [-0.15, -0.1) is 0 Å². The number of carbonyl (C=O) groups excluding carboxylic acids is 1. The van der Waals surface area contributed by atoms with Crippen LogP contribution in [-0.4, -0.2) is 17.4 Å². The van der Waals surface area contributed by atoms with Gasteiger partial charge in [0.25, 0.3) is 0 Å². The first-order valence-electron chi connectivity index (χ1n) is 3.97. The number of amides is 1. The van der Waals surface area contributed by atoms with Crippen LogP contribution in [0.2, 0.25) is 0 Å². The van der Waals surface area contributed by atoms with E-state index in [2.05, 4.69) is 0 Å². The minimum atomic E-state index is 0. The molecule has 0 saturated carbocycles. The van der Waals surface area contributed by atoms with Gasteiger partial charge in [0.1, 0.15) is 0 Å². The third kappa shape index (κ3) is 3.66. The number of nitrogens with zero attached hydrogens (tertiary/aromatic N) is 1. The zero-order valence-corrected chi connectivity index (χ0v) is 9.88. The Hall–Kier alpha value is 0.574. The Labute approximate surface area is 93.6 Å². The molecule has 0 N–H and O–H groups in total. The van der Waals surface area contributed by atoms with E-state index in [1.54, 1.807) is 0 Å². The second kappa shape index (κ2) is 6.13. The average molecular weight is 229 g/mol. The summed E-state index contributed by atoms with van der Waals surface area (Å²) in [5.41, 5.74) is 0. The Kier molecular flexibility index (Phi) is 6.45. The molecule has 1 heterocycles. The maximum Gasteiger partial charge on any atom is 0.193 e. The van der Waals surface area contributed by atoms with E-state index < -0.39 is 0 Å². The quantitative estimate of drug-likeness (QED) is 0.658. The molecule has 0 unspecified atom stereocenters. The fourth-order valence-corrected chi connectivity index (χ4v) is 1.18. The summed E-state index contributed by atoms with van der Waals surface area (Å²) in [7, 11) is 0. The van der Waals surface area contributed by atoms with E-state index in [4.69, 9.17) is 0 Å². The summed E-state index contributed by atoms with van der Waals surface area (Å²) in [6.07, 6.45) is 3.89.